The summed E-state index contributed by atoms with van der Waals surface area (Å²) in [5.74, 6) is -3.81. The van der Waals surface area contributed by atoms with Gasteiger partial charge in [0.15, 0.2) is 69.2 Å². The Kier molecular flexibility index (Phi) is 39.5. The minimum absolute atomic E-state index is 0.850. The molecule has 11 aliphatic heterocycles. The Morgan fingerprint density at radius 3 is 1.02 bits per heavy atom. The van der Waals surface area contributed by atoms with Gasteiger partial charge in [0.05, 0.1) is 72.2 Å². The van der Waals surface area contributed by atoms with E-state index in [0.717, 1.165) is 41.9 Å². The molecular weight excluding hydrogens is 1820 g/mol. The Morgan fingerprint density at radius 1 is 0.226 bits per heavy atom. The van der Waals surface area contributed by atoms with Gasteiger partial charge in [0, 0.05) is 41.9 Å². The summed E-state index contributed by atoms with van der Waals surface area (Å²) in [7, 11) is 2.23. The predicted octanol–water partition coefficient (Wildman–Crippen LogP) is -21.4. The van der Waals surface area contributed by atoms with Crippen LogP contribution in [0.3, 0.4) is 0 Å². The topological polar surface area (TPSA) is 875 Å². The molecular formula is C75H126N4O54. The summed E-state index contributed by atoms with van der Waals surface area (Å²) in [6.07, 6.45) is -101. The van der Waals surface area contributed by atoms with Crippen molar-refractivity contribution in [3.63, 3.8) is 0 Å². The Hall–Kier alpha value is -4.12. The summed E-state index contributed by atoms with van der Waals surface area (Å²) in [4.78, 5) is 52.7. The first kappa shape index (κ1) is 109. The van der Waals surface area contributed by atoms with Crippen LogP contribution in [0.15, 0.2) is 0 Å². The molecule has 54 atom stereocenters. The fourth-order valence-corrected chi connectivity index (χ4v) is 17.5. The fraction of sp³-hybridized carbons (Fsp3) is 0.947. The zero-order valence-corrected chi connectivity index (χ0v) is 72.3. The molecule has 4 amide bonds. The van der Waals surface area contributed by atoms with Gasteiger partial charge in [-0.2, -0.15) is 0 Å². The number of carbonyl (C=O) groups excluding carboxylic acids is 4. The number of methoxy groups -OCH3 is 2. The molecule has 1 unspecified atom stereocenters. The second kappa shape index (κ2) is 48.1. The predicted molar refractivity (Wildman–Crippen MR) is 411 cm³/mol. The van der Waals surface area contributed by atoms with E-state index < -0.39 is 421 Å². The second-order valence-corrected chi connectivity index (χ2v) is 33.8. The molecule has 58 heteroatoms. The zero-order chi connectivity index (χ0) is 97.6. The average molecular weight is 1950 g/mol. The molecule has 11 heterocycles. The third-order valence-corrected chi connectivity index (χ3v) is 24.7. The maximum Gasteiger partial charge on any atom is 0.217 e. The molecule has 0 aromatic carbocycles. The number of aliphatic hydroxyl groups is 27. The smallest absolute Gasteiger partial charge is 0.217 e. The molecule has 31 N–H and O–H groups in total. The van der Waals surface area contributed by atoms with E-state index in [1.807, 2.05) is 0 Å². The van der Waals surface area contributed by atoms with Crippen LogP contribution in [0.2, 0.25) is 0 Å². The highest BCUT2D eigenvalue weighted by Gasteiger charge is 2.63. The van der Waals surface area contributed by atoms with Crippen LogP contribution in [-0.2, 0) is 128 Å². The minimum atomic E-state index is -2.51. The third-order valence-electron chi connectivity index (χ3n) is 24.7. The summed E-state index contributed by atoms with van der Waals surface area (Å²) in [5, 5.41) is 314. The van der Waals surface area contributed by atoms with Crippen LogP contribution in [0, 0.1) is 0 Å². The molecule has 11 aliphatic rings. The van der Waals surface area contributed by atoms with Gasteiger partial charge < -0.3 is 268 Å². The van der Waals surface area contributed by atoms with Crippen LogP contribution in [0.1, 0.15) is 34.6 Å². The molecule has 0 aromatic rings. The van der Waals surface area contributed by atoms with Crippen LogP contribution in [0.4, 0.5) is 0 Å². The first-order valence-corrected chi connectivity index (χ1v) is 42.7. The lowest BCUT2D eigenvalue weighted by atomic mass is 9.93. The highest BCUT2D eigenvalue weighted by molar-refractivity contribution is 5.74. The average Bonchev–Trinajstić information content (AvgIpc) is 1.77. The first-order valence-electron chi connectivity index (χ1n) is 42.7. The zero-order valence-electron chi connectivity index (χ0n) is 72.3. The number of amides is 4. The van der Waals surface area contributed by atoms with Gasteiger partial charge in [0.25, 0.3) is 0 Å². The third kappa shape index (κ3) is 24.3. The molecule has 133 heavy (non-hydrogen) atoms. The van der Waals surface area contributed by atoms with Crippen molar-refractivity contribution in [2.45, 2.75) is 366 Å². The largest absolute Gasteiger partial charge is 0.394 e. The highest BCUT2D eigenvalue weighted by Crippen LogP contribution is 2.42. The monoisotopic (exact) mass is 1950 g/mol. The molecule has 11 rings (SSSR count). The summed E-state index contributed by atoms with van der Waals surface area (Å²) in [6.45, 7) is -5.55. The van der Waals surface area contributed by atoms with Gasteiger partial charge in [0.2, 0.25) is 23.6 Å². The number of rotatable bonds is 36. The number of carbonyl (C=O) groups is 4. The van der Waals surface area contributed by atoms with Crippen molar-refractivity contribution in [2.24, 2.45) is 0 Å². The minimum Gasteiger partial charge on any atom is -0.394 e. The SMILES string of the molecule is CO[C@H]1[C@@H](O)[C@@H](CO)O[C@@H](OC[C@H]2O[C@@H](O[C@H]3[C@H](O)[C@@H](NC(C)=O)[C@H](O[C@@H]4[C@@H](OC[C@H]5O[C@@H](O[C@H]6[C@H](O)[C@@H](NC(C)=O)[C@H](O[C@H]7[C@H](O)[C@@H](NC(C)=O)C(O)O[C@@H]7CO[C@@H]7O[C@@H](C)[C@@H](O)[C@@H](O)[C@@H]7O)O[C@@H]6CO)[C@@H](O[C@@H]6O[C@H](CO)[C@H](O)[C@H]6O)[C@@H](O[C@H]6O[C@H](CO)[C@@H](O)[C@H](O)[C@@H]6O)[C@@H]5O)O[C@H](CO)[C@@H](O)[C@@H]4O)O[C@@H]3CO)[C@H](NC(C)=O)[C@@H](O[C@@H]3O[C@H](CO)[C@H](OC)[C@H](O)[C@H]3O)[C@H]2O)[C@@H]1O. The van der Waals surface area contributed by atoms with Crippen molar-refractivity contribution in [3.8, 4) is 0 Å². The normalized spacial score (nSPS) is 49.4. The maximum atomic E-state index is 13.4. The van der Waals surface area contributed by atoms with E-state index in [1.54, 1.807) is 0 Å². The van der Waals surface area contributed by atoms with Gasteiger partial charge in [-0.05, 0) is 6.92 Å². The fourth-order valence-electron chi connectivity index (χ4n) is 17.5. The molecule has 11 saturated heterocycles. The van der Waals surface area contributed by atoms with E-state index in [1.165, 1.54) is 6.92 Å². The van der Waals surface area contributed by atoms with Gasteiger partial charge in [-0.1, -0.05) is 0 Å². The van der Waals surface area contributed by atoms with E-state index >= 15 is 0 Å². The van der Waals surface area contributed by atoms with E-state index in [4.69, 9.17) is 109 Å². The number of hydrogen-bond donors (Lipinski definition) is 31. The van der Waals surface area contributed by atoms with Gasteiger partial charge in [-0.25, -0.2) is 0 Å². The van der Waals surface area contributed by atoms with Crippen molar-refractivity contribution in [2.75, 3.05) is 80.3 Å². The molecule has 11 fully saturated rings. The van der Waals surface area contributed by atoms with Gasteiger partial charge in [-0.3, -0.25) is 19.2 Å². The van der Waals surface area contributed by atoms with Crippen LogP contribution in [0.25, 0.3) is 0 Å². The molecule has 0 aliphatic carbocycles. The number of ether oxygens (including phenoxy) is 23. The quantitative estimate of drug-likeness (QED) is 0.0277. The van der Waals surface area contributed by atoms with Crippen LogP contribution < -0.4 is 21.3 Å². The number of nitrogens with one attached hydrogen (secondary N) is 4. The van der Waals surface area contributed by atoms with E-state index in [9.17, 15) is 157 Å². The lowest BCUT2D eigenvalue weighted by Crippen LogP contribution is -2.71. The lowest BCUT2D eigenvalue weighted by molar-refractivity contribution is -0.400. The van der Waals surface area contributed by atoms with Gasteiger partial charge >= 0.3 is 0 Å². The van der Waals surface area contributed by atoms with E-state index in [2.05, 4.69) is 21.3 Å². The summed E-state index contributed by atoms with van der Waals surface area (Å²) in [6, 6.07) is -7.81. The Bertz CT molecular complexity index is 3610. The first-order chi connectivity index (χ1) is 63.0. The van der Waals surface area contributed by atoms with Gasteiger partial charge in [-0.15, -0.1) is 0 Å². The molecule has 0 bridgehead atoms. The van der Waals surface area contributed by atoms with Crippen molar-refractivity contribution < 1.29 is 266 Å². The van der Waals surface area contributed by atoms with Crippen molar-refractivity contribution >= 4 is 23.6 Å². The van der Waals surface area contributed by atoms with Crippen molar-refractivity contribution in [1.82, 2.24) is 21.3 Å². The summed E-state index contributed by atoms with van der Waals surface area (Å²) >= 11 is 0. The maximum absolute atomic E-state index is 13.4. The molecule has 0 saturated carbocycles. The van der Waals surface area contributed by atoms with E-state index in [-0.39, 0.29) is 0 Å². The molecule has 0 aromatic heterocycles. The Morgan fingerprint density at radius 2 is 0.519 bits per heavy atom. The Balaban J connectivity index is 0.915. The van der Waals surface area contributed by atoms with Crippen LogP contribution >= 0.6 is 0 Å². The van der Waals surface area contributed by atoms with Crippen molar-refractivity contribution in [3.05, 3.63) is 0 Å². The number of aliphatic hydroxyl groups excluding tert-OH is 27. The molecule has 0 spiro atoms. The standard InChI is InChI=1S/C75H126N4O54/c1-18-37(91)47(101)52(106)69(116-18)114-17-32-59(44(98)33(65(110)117-32)76-19(2)87)128-66-34(77-20(3)88)46(100)58(29(14-86)122-66)129-75-64(133-71-51(105)40(94)25(10-82)120-71)62(131-72-53(107)48(102)38(92)23(8-80)119-72)43(97)31(126-75)16-115-74-63(49(103)39(93)24(9-81)121-74)132-67-35(78-21(4)89)45(99)57(28(13-85)123-67)127-68-36(79-22(5)90)60(130-73-54(108)50(104)56(111-6)27(12-84)124-73)42(96)30(125-68)15-113-70-55(109)61(112-7)41(95)26(11-83)118-70/h18,23-75,80-86,91-110H,8-17H2,1-7H3,(H,76,87)(H,77,88)(H,78,89)(H,79,90)/t18-,23+,24+,25+,26+,27+,28+,29+,30+,31+,32+,33+,34+,35+,36+,37+,38+,39+,40-,41-,42-,43+,44+,45+,46+,47+,48-,49-,50+,51+,52-,53-,54+,55+,56-,57+,58+,59+,60+,61-,62-,63-,64-,65?,66-,67-,68-,69+,70+,71-,72+,73-,74-,75-/m0/s1. The number of hydrogen-bond acceptors (Lipinski definition) is 54. The summed E-state index contributed by atoms with van der Waals surface area (Å²) < 4.78 is 138. The van der Waals surface area contributed by atoms with Crippen LogP contribution in [-0.4, -0.2) is 573 Å². The van der Waals surface area contributed by atoms with Crippen molar-refractivity contribution in [1.29, 1.82) is 0 Å². The van der Waals surface area contributed by atoms with Gasteiger partial charge in [0.1, 0.15) is 256 Å². The van der Waals surface area contributed by atoms with Crippen LogP contribution in [0.5, 0.6) is 0 Å². The second-order valence-electron chi connectivity index (χ2n) is 33.8. The molecule has 58 nitrogen and oxygen atoms in total. The summed E-state index contributed by atoms with van der Waals surface area (Å²) in [5.41, 5.74) is 0. The van der Waals surface area contributed by atoms with E-state index in [0.29, 0.717) is 0 Å². The molecule has 770 valence electrons. The lowest BCUT2D eigenvalue weighted by Gasteiger charge is -2.51. The highest BCUT2D eigenvalue weighted by atomic mass is 16.8. The Labute approximate surface area is 755 Å². The molecule has 0 radical (unpaired) electrons.